The molecule has 3 nitrogen and oxygen atoms in total. The lowest BCUT2D eigenvalue weighted by molar-refractivity contribution is -0.137. The van der Waals surface area contributed by atoms with Gasteiger partial charge in [-0.05, 0) is 18.2 Å². The number of halogens is 3. The second-order valence-electron chi connectivity index (χ2n) is 4.52. The van der Waals surface area contributed by atoms with Crippen LogP contribution in [0.15, 0.2) is 48.8 Å². The molecule has 1 aromatic carbocycles. The van der Waals surface area contributed by atoms with E-state index in [4.69, 9.17) is 4.74 Å². The van der Waals surface area contributed by atoms with E-state index >= 15 is 0 Å². The van der Waals surface area contributed by atoms with Crippen molar-refractivity contribution in [1.82, 2.24) is 9.38 Å². The summed E-state index contributed by atoms with van der Waals surface area (Å²) in [4.78, 5) is 4.20. The third-order valence-electron chi connectivity index (χ3n) is 3.19. The predicted molar refractivity (Wildman–Crippen MR) is 72.2 cm³/mol. The Morgan fingerprint density at radius 2 is 1.95 bits per heavy atom. The van der Waals surface area contributed by atoms with Crippen LogP contribution in [-0.2, 0) is 6.18 Å². The highest BCUT2D eigenvalue weighted by Gasteiger charge is 2.30. The number of aromatic nitrogens is 2. The van der Waals surface area contributed by atoms with Gasteiger partial charge < -0.3 is 4.74 Å². The molecule has 0 spiro atoms. The number of fused-ring (bicyclic) bond motifs is 1. The summed E-state index contributed by atoms with van der Waals surface area (Å²) >= 11 is 0. The molecule has 0 atom stereocenters. The molecule has 0 aliphatic heterocycles. The highest BCUT2D eigenvalue weighted by Crippen LogP contribution is 2.32. The Labute approximate surface area is 118 Å². The number of pyridine rings is 1. The predicted octanol–water partition coefficient (Wildman–Crippen LogP) is 4.03. The average molecular weight is 292 g/mol. The van der Waals surface area contributed by atoms with Crippen molar-refractivity contribution in [3.8, 4) is 17.1 Å². The fourth-order valence-electron chi connectivity index (χ4n) is 2.15. The minimum atomic E-state index is -4.37. The molecule has 3 rings (SSSR count). The van der Waals surface area contributed by atoms with E-state index in [2.05, 4.69) is 4.98 Å². The summed E-state index contributed by atoms with van der Waals surface area (Å²) in [6.45, 7) is 0. The van der Waals surface area contributed by atoms with Crippen molar-refractivity contribution in [2.75, 3.05) is 7.11 Å². The van der Waals surface area contributed by atoms with Gasteiger partial charge >= 0.3 is 6.18 Å². The van der Waals surface area contributed by atoms with E-state index in [0.29, 0.717) is 17.1 Å². The molecule has 0 saturated carbocycles. The fraction of sp³-hybridized carbons (Fsp3) is 0.133. The van der Waals surface area contributed by atoms with Crippen molar-refractivity contribution in [2.45, 2.75) is 6.18 Å². The highest BCUT2D eigenvalue weighted by molar-refractivity contribution is 5.64. The zero-order valence-electron chi connectivity index (χ0n) is 11.1. The molecular formula is C15H11F3N2O. The van der Waals surface area contributed by atoms with Crippen molar-refractivity contribution in [1.29, 1.82) is 0 Å². The first-order valence-electron chi connectivity index (χ1n) is 6.18. The van der Waals surface area contributed by atoms with Gasteiger partial charge in [0.15, 0.2) is 0 Å². The van der Waals surface area contributed by atoms with Crippen LogP contribution in [0.25, 0.3) is 16.9 Å². The Morgan fingerprint density at radius 3 is 2.67 bits per heavy atom. The van der Waals surface area contributed by atoms with Crippen molar-refractivity contribution >= 4 is 5.52 Å². The molecule has 0 radical (unpaired) electrons. The molecule has 0 saturated heterocycles. The van der Waals surface area contributed by atoms with Gasteiger partial charge in [0.25, 0.3) is 0 Å². The molecule has 6 heteroatoms. The maximum Gasteiger partial charge on any atom is 0.416 e. The van der Waals surface area contributed by atoms with E-state index in [1.165, 1.54) is 6.07 Å². The first kappa shape index (κ1) is 13.5. The molecule has 0 aliphatic rings. The summed E-state index contributed by atoms with van der Waals surface area (Å²) in [5, 5.41) is 0. The van der Waals surface area contributed by atoms with E-state index in [0.717, 1.165) is 17.6 Å². The zero-order chi connectivity index (χ0) is 15.0. The summed E-state index contributed by atoms with van der Waals surface area (Å²) in [5.41, 5.74) is 0.474. The van der Waals surface area contributed by atoms with E-state index < -0.39 is 11.7 Å². The molecule has 3 aromatic rings. The maximum atomic E-state index is 12.8. The second-order valence-corrected chi connectivity index (χ2v) is 4.52. The summed E-state index contributed by atoms with van der Waals surface area (Å²) in [5.74, 6) is 1.12. The van der Waals surface area contributed by atoms with Crippen LogP contribution >= 0.6 is 0 Å². The standard InChI is InChI=1S/C15H11F3N2O/c1-21-13-5-6-20-12(8-13)9-19-14(20)10-3-2-4-11(7-10)15(16,17)18/h2-9H,1H3. The van der Waals surface area contributed by atoms with Crippen LogP contribution in [-0.4, -0.2) is 16.5 Å². The van der Waals surface area contributed by atoms with Crippen LogP contribution in [0.5, 0.6) is 5.75 Å². The van der Waals surface area contributed by atoms with Crippen LogP contribution < -0.4 is 4.74 Å². The van der Waals surface area contributed by atoms with Gasteiger partial charge in [0.1, 0.15) is 11.6 Å². The topological polar surface area (TPSA) is 26.5 Å². The molecular weight excluding hydrogens is 281 g/mol. The van der Waals surface area contributed by atoms with Crippen LogP contribution in [0, 0.1) is 0 Å². The number of hydrogen-bond donors (Lipinski definition) is 0. The molecule has 0 fully saturated rings. The normalized spacial score (nSPS) is 11.8. The number of benzene rings is 1. The number of rotatable bonds is 2. The lowest BCUT2D eigenvalue weighted by atomic mass is 10.1. The largest absolute Gasteiger partial charge is 0.497 e. The van der Waals surface area contributed by atoms with E-state index in [9.17, 15) is 13.2 Å². The summed E-state index contributed by atoms with van der Waals surface area (Å²) in [7, 11) is 1.55. The Bertz CT molecular complexity index is 793. The minimum absolute atomic E-state index is 0.412. The molecule has 0 unspecified atom stereocenters. The Morgan fingerprint density at radius 1 is 1.14 bits per heavy atom. The maximum absolute atomic E-state index is 12.8. The van der Waals surface area contributed by atoms with Crippen molar-refractivity contribution in [3.63, 3.8) is 0 Å². The number of alkyl halides is 3. The lowest BCUT2D eigenvalue weighted by Gasteiger charge is -2.08. The molecule has 2 heterocycles. The van der Waals surface area contributed by atoms with E-state index in [1.54, 1.807) is 42.1 Å². The minimum Gasteiger partial charge on any atom is -0.497 e. The lowest BCUT2D eigenvalue weighted by Crippen LogP contribution is -2.04. The number of hydrogen-bond acceptors (Lipinski definition) is 2. The van der Waals surface area contributed by atoms with Gasteiger partial charge in [0.05, 0.1) is 24.4 Å². The number of ether oxygens (including phenoxy) is 1. The van der Waals surface area contributed by atoms with Crippen LogP contribution in [0.1, 0.15) is 5.56 Å². The van der Waals surface area contributed by atoms with E-state index in [1.807, 2.05) is 0 Å². The number of imidazole rings is 1. The first-order valence-corrected chi connectivity index (χ1v) is 6.18. The number of methoxy groups -OCH3 is 1. The average Bonchev–Trinajstić information content (AvgIpc) is 2.89. The van der Waals surface area contributed by atoms with Crippen molar-refractivity contribution in [3.05, 3.63) is 54.4 Å². The highest BCUT2D eigenvalue weighted by atomic mass is 19.4. The van der Waals surface area contributed by atoms with Crippen LogP contribution in [0.2, 0.25) is 0 Å². The van der Waals surface area contributed by atoms with E-state index in [-0.39, 0.29) is 0 Å². The second kappa shape index (κ2) is 4.80. The number of nitrogens with zero attached hydrogens (tertiary/aromatic N) is 2. The quantitative estimate of drug-likeness (QED) is 0.713. The molecule has 0 aliphatic carbocycles. The van der Waals surface area contributed by atoms with Gasteiger partial charge in [-0.15, -0.1) is 0 Å². The third kappa shape index (κ3) is 2.44. The monoisotopic (exact) mass is 292 g/mol. The Balaban J connectivity index is 2.13. The van der Waals surface area contributed by atoms with Crippen LogP contribution in [0.3, 0.4) is 0 Å². The van der Waals surface area contributed by atoms with Crippen molar-refractivity contribution < 1.29 is 17.9 Å². The molecule has 108 valence electrons. The van der Waals surface area contributed by atoms with Gasteiger partial charge in [-0.25, -0.2) is 4.98 Å². The molecule has 0 N–H and O–H groups in total. The molecule has 0 amide bonds. The first-order chi connectivity index (χ1) is 9.99. The van der Waals surface area contributed by atoms with Gasteiger partial charge in [0, 0.05) is 17.8 Å². The summed E-state index contributed by atoms with van der Waals surface area (Å²) < 4.78 is 45.2. The fourth-order valence-corrected chi connectivity index (χ4v) is 2.15. The summed E-state index contributed by atoms with van der Waals surface area (Å²) in [6.07, 6.45) is -1.05. The molecule has 2 aromatic heterocycles. The zero-order valence-corrected chi connectivity index (χ0v) is 11.1. The van der Waals surface area contributed by atoms with Gasteiger partial charge in [-0.3, -0.25) is 4.40 Å². The van der Waals surface area contributed by atoms with Gasteiger partial charge in [-0.1, -0.05) is 12.1 Å². The molecule has 0 bridgehead atoms. The summed E-state index contributed by atoms with van der Waals surface area (Å²) in [6, 6.07) is 8.62. The SMILES string of the molecule is COc1ccn2c(-c3cccc(C(F)(F)F)c3)ncc2c1. The molecule has 21 heavy (non-hydrogen) atoms. The Hall–Kier alpha value is -2.50. The van der Waals surface area contributed by atoms with Crippen molar-refractivity contribution in [2.24, 2.45) is 0 Å². The Kier molecular flexibility index (Phi) is 3.08. The van der Waals surface area contributed by atoms with Crippen LogP contribution in [0.4, 0.5) is 13.2 Å². The van der Waals surface area contributed by atoms with Gasteiger partial charge in [0.2, 0.25) is 0 Å². The van der Waals surface area contributed by atoms with Gasteiger partial charge in [-0.2, -0.15) is 13.2 Å². The smallest absolute Gasteiger partial charge is 0.416 e. The third-order valence-corrected chi connectivity index (χ3v) is 3.19.